The summed E-state index contributed by atoms with van der Waals surface area (Å²) in [7, 11) is -3.74. The molecule has 0 radical (unpaired) electrons. The second-order valence-corrected chi connectivity index (χ2v) is 10.3. The molecular weight excluding hydrogens is 424 g/mol. The first-order valence-electron chi connectivity index (χ1n) is 8.45. The highest BCUT2D eigenvalue weighted by Crippen LogP contribution is 2.37. The van der Waals surface area contributed by atoms with Gasteiger partial charge in [-0.3, -0.25) is 4.99 Å². The van der Waals surface area contributed by atoms with Crippen LogP contribution in [0.4, 0.5) is 8.78 Å². The van der Waals surface area contributed by atoms with Crippen LogP contribution in [0.2, 0.25) is 5.15 Å². The molecule has 154 valence electrons. The fourth-order valence-corrected chi connectivity index (χ4v) is 4.64. The van der Waals surface area contributed by atoms with Gasteiger partial charge in [0.2, 0.25) is 5.95 Å². The predicted octanol–water partition coefficient (Wildman–Crippen LogP) is 2.91. The number of aliphatic imine (C=N–C) groups is 1. The van der Waals surface area contributed by atoms with Gasteiger partial charge in [0, 0.05) is 11.8 Å². The number of sulfone groups is 1. The SMILES string of the molecule is CC1(C)C(N)=N[C@](C)(c2cc(/C=C(\F)c3cnc(Cl)cn3)cnc2F)CS1(=O)=O. The molecule has 2 N–H and O–H groups in total. The van der Waals surface area contributed by atoms with Crippen LogP contribution in [0.1, 0.15) is 37.6 Å². The highest BCUT2D eigenvalue weighted by molar-refractivity contribution is 7.93. The minimum absolute atomic E-state index is 0.0734. The van der Waals surface area contributed by atoms with Crippen molar-refractivity contribution in [3.8, 4) is 0 Å². The van der Waals surface area contributed by atoms with E-state index < -0.39 is 37.7 Å². The molecule has 0 bridgehead atoms. The Morgan fingerprint density at radius 1 is 1.21 bits per heavy atom. The summed E-state index contributed by atoms with van der Waals surface area (Å²) in [6.07, 6.45) is 4.52. The largest absolute Gasteiger partial charge is 0.386 e. The van der Waals surface area contributed by atoms with Crippen molar-refractivity contribution < 1.29 is 17.2 Å². The highest BCUT2D eigenvalue weighted by atomic mass is 35.5. The zero-order valence-electron chi connectivity index (χ0n) is 15.8. The van der Waals surface area contributed by atoms with Crippen molar-refractivity contribution in [3.05, 3.63) is 52.6 Å². The van der Waals surface area contributed by atoms with Gasteiger partial charge in [0.15, 0.2) is 15.7 Å². The van der Waals surface area contributed by atoms with Gasteiger partial charge in [0.25, 0.3) is 0 Å². The van der Waals surface area contributed by atoms with E-state index in [1.807, 2.05) is 0 Å². The lowest BCUT2D eigenvalue weighted by Gasteiger charge is -2.37. The standard InChI is InChI=1S/C18H18ClF2N5O2S/c1-17(2)16(22)26-18(3,9-29(17,27)28)11-4-10(6-25-15(11)21)5-12(20)13-7-24-14(19)8-23-13/h4-8H,9H2,1-3H3,(H2,22,26)/b12-5-/t18-/m0/s1. The molecule has 0 fully saturated rings. The quantitative estimate of drug-likeness (QED) is 0.733. The van der Waals surface area contributed by atoms with Crippen LogP contribution in [0.3, 0.4) is 0 Å². The Balaban J connectivity index is 2.07. The smallest absolute Gasteiger partial charge is 0.218 e. The third kappa shape index (κ3) is 3.86. The molecule has 0 aromatic carbocycles. The number of amidine groups is 1. The number of rotatable bonds is 3. The van der Waals surface area contributed by atoms with Gasteiger partial charge in [0.05, 0.1) is 18.1 Å². The number of hydrogen-bond acceptors (Lipinski definition) is 7. The van der Waals surface area contributed by atoms with Crippen LogP contribution >= 0.6 is 11.6 Å². The van der Waals surface area contributed by atoms with Gasteiger partial charge in [-0.15, -0.1) is 0 Å². The van der Waals surface area contributed by atoms with Crippen molar-refractivity contribution in [2.24, 2.45) is 10.7 Å². The molecule has 1 aliphatic heterocycles. The molecular formula is C18H18ClF2N5O2S. The minimum atomic E-state index is -3.74. The molecule has 2 aromatic heterocycles. The number of halogens is 3. The first kappa shape index (κ1) is 21.3. The molecule has 1 atom stereocenters. The second-order valence-electron chi connectivity index (χ2n) is 7.36. The maximum atomic E-state index is 14.5. The average Bonchev–Trinajstić information content (AvgIpc) is 2.62. The summed E-state index contributed by atoms with van der Waals surface area (Å²) in [6, 6.07) is 1.29. The van der Waals surface area contributed by atoms with E-state index in [1.54, 1.807) is 0 Å². The zero-order valence-corrected chi connectivity index (χ0v) is 17.4. The molecule has 11 heteroatoms. The number of nitrogens with two attached hydrogens (primary N) is 1. The second kappa shape index (κ2) is 7.10. The summed E-state index contributed by atoms with van der Waals surface area (Å²) in [5.74, 6) is -2.26. The fraction of sp³-hybridized carbons (Fsp3) is 0.333. The van der Waals surface area contributed by atoms with Crippen molar-refractivity contribution in [2.75, 3.05) is 5.75 Å². The molecule has 2 aromatic rings. The Kier molecular flexibility index (Phi) is 5.20. The molecule has 0 unspecified atom stereocenters. The van der Waals surface area contributed by atoms with Gasteiger partial charge in [-0.2, -0.15) is 4.39 Å². The Bertz CT molecular complexity index is 1130. The molecule has 29 heavy (non-hydrogen) atoms. The Morgan fingerprint density at radius 2 is 1.90 bits per heavy atom. The van der Waals surface area contributed by atoms with E-state index in [0.717, 1.165) is 18.5 Å². The molecule has 0 spiro atoms. The number of nitrogens with zero attached hydrogens (tertiary/aromatic N) is 4. The van der Waals surface area contributed by atoms with E-state index in [2.05, 4.69) is 19.9 Å². The summed E-state index contributed by atoms with van der Waals surface area (Å²) in [4.78, 5) is 15.5. The lowest BCUT2D eigenvalue weighted by atomic mass is 9.93. The van der Waals surface area contributed by atoms with E-state index in [9.17, 15) is 17.2 Å². The lowest BCUT2D eigenvalue weighted by molar-refractivity contribution is 0.463. The molecule has 0 saturated carbocycles. The van der Waals surface area contributed by atoms with Crippen LogP contribution in [0, 0.1) is 5.95 Å². The van der Waals surface area contributed by atoms with Crippen molar-refractivity contribution in [1.29, 1.82) is 0 Å². The maximum Gasteiger partial charge on any atom is 0.218 e. The van der Waals surface area contributed by atoms with E-state index in [4.69, 9.17) is 17.3 Å². The first-order valence-corrected chi connectivity index (χ1v) is 10.5. The summed E-state index contributed by atoms with van der Waals surface area (Å²) in [5.41, 5.74) is 4.39. The Hall–Kier alpha value is -2.46. The van der Waals surface area contributed by atoms with E-state index in [1.165, 1.54) is 33.0 Å². The van der Waals surface area contributed by atoms with Gasteiger partial charge >= 0.3 is 0 Å². The number of pyridine rings is 1. The van der Waals surface area contributed by atoms with E-state index >= 15 is 0 Å². The average molecular weight is 442 g/mol. The summed E-state index contributed by atoms with van der Waals surface area (Å²) in [6.45, 7) is 4.33. The van der Waals surface area contributed by atoms with Crippen molar-refractivity contribution in [1.82, 2.24) is 15.0 Å². The zero-order chi connectivity index (χ0) is 21.6. The molecule has 0 amide bonds. The normalized spacial score (nSPS) is 23.5. The molecule has 3 heterocycles. The molecule has 7 nitrogen and oxygen atoms in total. The summed E-state index contributed by atoms with van der Waals surface area (Å²) >= 11 is 5.63. The van der Waals surface area contributed by atoms with Crippen molar-refractivity contribution in [2.45, 2.75) is 31.1 Å². The Labute approximate surface area is 171 Å². The Morgan fingerprint density at radius 3 is 2.48 bits per heavy atom. The lowest BCUT2D eigenvalue weighted by Crippen LogP contribution is -2.55. The first-order chi connectivity index (χ1) is 13.4. The van der Waals surface area contributed by atoms with Crippen LogP contribution < -0.4 is 5.73 Å². The number of aromatic nitrogens is 3. The van der Waals surface area contributed by atoms with Gasteiger partial charge in [-0.05, 0) is 38.5 Å². The van der Waals surface area contributed by atoms with Crippen LogP contribution in [0.25, 0.3) is 11.9 Å². The molecule has 1 aliphatic rings. The van der Waals surface area contributed by atoms with Gasteiger partial charge in [-0.1, -0.05) is 11.6 Å². The van der Waals surface area contributed by atoms with Crippen LogP contribution in [-0.2, 0) is 15.4 Å². The van der Waals surface area contributed by atoms with Gasteiger partial charge in [0.1, 0.15) is 27.0 Å². The maximum absolute atomic E-state index is 14.5. The minimum Gasteiger partial charge on any atom is -0.386 e. The van der Waals surface area contributed by atoms with Crippen molar-refractivity contribution >= 4 is 39.2 Å². The molecule has 3 rings (SSSR count). The monoisotopic (exact) mass is 441 g/mol. The van der Waals surface area contributed by atoms with E-state index in [-0.39, 0.29) is 27.8 Å². The summed E-state index contributed by atoms with van der Waals surface area (Å²) < 4.78 is 53.0. The predicted molar refractivity (Wildman–Crippen MR) is 107 cm³/mol. The van der Waals surface area contributed by atoms with Gasteiger partial charge in [-0.25, -0.2) is 27.8 Å². The summed E-state index contributed by atoms with van der Waals surface area (Å²) in [5, 5.41) is 0.108. The fourth-order valence-electron chi connectivity index (χ4n) is 2.86. The van der Waals surface area contributed by atoms with Crippen LogP contribution in [-0.4, -0.2) is 39.7 Å². The van der Waals surface area contributed by atoms with E-state index in [0.29, 0.717) is 0 Å². The topological polar surface area (TPSA) is 111 Å². The molecule has 0 aliphatic carbocycles. The third-order valence-electron chi connectivity index (χ3n) is 4.83. The van der Waals surface area contributed by atoms with Gasteiger partial charge < -0.3 is 5.73 Å². The van der Waals surface area contributed by atoms with Crippen LogP contribution in [0.15, 0.2) is 29.6 Å². The molecule has 0 saturated heterocycles. The van der Waals surface area contributed by atoms with Crippen molar-refractivity contribution in [3.63, 3.8) is 0 Å². The van der Waals surface area contributed by atoms with Crippen LogP contribution in [0.5, 0.6) is 0 Å². The highest BCUT2D eigenvalue weighted by Gasteiger charge is 2.49. The number of hydrogen-bond donors (Lipinski definition) is 1. The third-order valence-corrected chi connectivity index (χ3v) is 7.73.